The number of rotatable bonds is 8. The topological polar surface area (TPSA) is 12.0 Å². The Morgan fingerprint density at radius 3 is 2.67 bits per heavy atom. The number of hydrogen-bond acceptors (Lipinski definition) is 1. The third-order valence-electron chi connectivity index (χ3n) is 3.07. The monoisotopic (exact) mass is 271 g/mol. The maximum absolute atomic E-state index is 13.1. The summed E-state index contributed by atoms with van der Waals surface area (Å²) in [4.78, 5) is 0. The molecule has 0 amide bonds. The van der Waals surface area contributed by atoms with E-state index in [9.17, 15) is 4.39 Å². The second kappa shape index (κ2) is 8.49. The minimum atomic E-state index is -0.337. The van der Waals surface area contributed by atoms with E-state index in [-0.39, 0.29) is 10.8 Å². The highest BCUT2D eigenvalue weighted by Gasteiger charge is 2.10. The van der Waals surface area contributed by atoms with Gasteiger partial charge < -0.3 is 5.32 Å². The quantitative estimate of drug-likeness (QED) is 0.690. The lowest BCUT2D eigenvalue weighted by Crippen LogP contribution is -2.25. The molecular formula is C15H23ClFN. The lowest BCUT2D eigenvalue weighted by Gasteiger charge is -2.17. The van der Waals surface area contributed by atoms with Crippen molar-refractivity contribution < 1.29 is 4.39 Å². The van der Waals surface area contributed by atoms with Crippen LogP contribution in [0.25, 0.3) is 0 Å². The molecule has 0 aromatic heterocycles. The summed E-state index contributed by atoms with van der Waals surface area (Å²) in [5.41, 5.74) is 1.12. The summed E-state index contributed by atoms with van der Waals surface area (Å²) >= 11 is 5.81. The van der Waals surface area contributed by atoms with E-state index in [2.05, 4.69) is 19.2 Å². The Labute approximate surface area is 115 Å². The lowest BCUT2D eigenvalue weighted by atomic mass is 9.95. The summed E-state index contributed by atoms with van der Waals surface area (Å²) < 4.78 is 13.1. The van der Waals surface area contributed by atoms with Gasteiger partial charge in [0.15, 0.2) is 0 Å². The number of benzene rings is 1. The van der Waals surface area contributed by atoms with Crippen molar-refractivity contribution in [2.75, 3.05) is 13.1 Å². The normalized spacial score (nSPS) is 12.7. The average Bonchev–Trinajstić information content (AvgIpc) is 2.34. The molecule has 0 spiro atoms. The fourth-order valence-electron chi connectivity index (χ4n) is 2.17. The molecule has 1 atom stereocenters. The summed E-state index contributed by atoms with van der Waals surface area (Å²) in [5.74, 6) is 0.264. The first-order valence-electron chi connectivity index (χ1n) is 6.82. The molecule has 0 aliphatic heterocycles. The largest absolute Gasteiger partial charge is 0.316 e. The molecule has 0 fully saturated rings. The molecule has 0 bridgehead atoms. The zero-order valence-corrected chi connectivity index (χ0v) is 12.1. The van der Waals surface area contributed by atoms with Crippen LogP contribution in [-0.4, -0.2) is 13.1 Å². The first kappa shape index (κ1) is 15.5. The second-order valence-corrected chi connectivity index (χ2v) is 5.22. The van der Waals surface area contributed by atoms with Crippen LogP contribution in [0.4, 0.5) is 4.39 Å². The molecule has 18 heavy (non-hydrogen) atoms. The van der Waals surface area contributed by atoms with E-state index >= 15 is 0 Å². The highest BCUT2D eigenvalue weighted by molar-refractivity contribution is 6.30. The van der Waals surface area contributed by atoms with Crippen molar-refractivity contribution in [2.45, 2.75) is 39.5 Å². The van der Waals surface area contributed by atoms with Gasteiger partial charge >= 0.3 is 0 Å². The van der Waals surface area contributed by atoms with Gasteiger partial charge in [-0.25, -0.2) is 4.39 Å². The van der Waals surface area contributed by atoms with Crippen LogP contribution < -0.4 is 5.32 Å². The number of halogens is 2. The van der Waals surface area contributed by atoms with E-state index < -0.39 is 0 Å². The fraction of sp³-hybridized carbons (Fsp3) is 0.600. The molecule has 1 aromatic rings. The van der Waals surface area contributed by atoms with E-state index in [0.717, 1.165) is 31.5 Å². The van der Waals surface area contributed by atoms with E-state index in [4.69, 9.17) is 11.6 Å². The highest BCUT2D eigenvalue weighted by atomic mass is 35.5. The summed E-state index contributed by atoms with van der Waals surface area (Å²) in [6.07, 6.45) is 4.48. The SMILES string of the molecule is CCCNCC(CCC)Cc1ccc(F)c(Cl)c1. The first-order valence-corrected chi connectivity index (χ1v) is 7.19. The number of nitrogens with one attached hydrogen (secondary N) is 1. The van der Waals surface area contributed by atoms with Crippen molar-refractivity contribution in [3.63, 3.8) is 0 Å². The van der Waals surface area contributed by atoms with Gasteiger partial charge in [-0.15, -0.1) is 0 Å². The average molecular weight is 272 g/mol. The van der Waals surface area contributed by atoms with Gasteiger partial charge in [0.25, 0.3) is 0 Å². The second-order valence-electron chi connectivity index (χ2n) is 4.81. The first-order chi connectivity index (χ1) is 8.67. The Hall–Kier alpha value is -0.600. The molecule has 0 heterocycles. The van der Waals surface area contributed by atoms with Gasteiger partial charge in [0.05, 0.1) is 5.02 Å². The minimum absolute atomic E-state index is 0.226. The van der Waals surface area contributed by atoms with Crippen LogP contribution in [0.5, 0.6) is 0 Å². The molecule has 0 saturated heterocycles. The third-order valence-corrected chi connectivity index (χ3v) is 3.35. The summed E-state index contributed by atoms with van der Waals surface area (Å²) in [6, 6.07) is 5.04. The van der Waals surface area contributed by atoms with Gasteiger partial charge in [0, 0.05) is 0 Å². The molecule has 0 radical (unpaired) electrons. The zero-order valence-electron chi connectivity index (χ0n) is 11.3. The van der Waals surface area contributed by atoms with Crippen LogP contribution in [-0.2, 0) is 6.42 Å². The van der Waals surface area contributed by atoms with Gasteiger partial charge in [0.2, 0.25) is 0 Å². The van der Waals surface area contributed by atoms with Crippen molar-refractivity contribution in [1.82, 2.24) is 5.32 Å². The molecule has 1 aromatic carbocycles. The Bertz CT molecular complexity index is 354. The molecular weight excluding hydrogens is 249 g/mol. The van der Waals surface area contributed by atoms with Crippen molar-refractivity contribution in [2.24, 2.45) is 5.92 Å². The molecule has 1 nitrogen and oxygen atoms in total. The maximum atomic E-state index is 13.1. The molecule has 102 valence electrons. The molecule has 0 saturated carbocycles. The lowest BCUT2D eigenvalue weighted by molar-refractivity contribution is 0.439. The van der Waals surface area contributed by atoms with E-state index in [1.54, 1.807) is 6.07 Å². The molecule has 0 aliphatic rings. The van der Waals surface area contributed by atoms with Crippen LogP contribution in [0, 0.1) is 11.7 Å². The van der Waals surface area contributed by atoms with E-state index in [0.29, 0.717) is 5.92 Å². The molecule has 1 unspecified atom stereocenters. The van der Waals surface area contributed by atoms with Crippen LogP contribution >= 0.6 is 11.6 Å². The van der Waals surface area contributed by atoms with Crippen LogP contribution in [0.3, 0.4) is 0 Å². The smallest absolute Gasteiger partial charge is 0.141 e. The fourth-order valence-corrected chi connectivity index (χ4v) is 2.37. The Balaban J connectivity index is 2.55. The van der Waals surface area contributed by atoms with Gasteiger partial charge in [0.1, 0.15) is 5.82 Å². The van der Waals surface area contributed by atoms with Crippen LogP contribution in [0.15, 0.2) is 18.2 Å². The molecule has 3 heteroatoms. The van der Waals surface area contributed by atoms with Gasteiger partial charge in [-0.2, -0.15) is 0 Å². The Kier molecular flexibility index (Phi) is 7.29. The third kappa shape index (κ3) is 5.36. The molecule has 1 rings (SSSR count). The van der Waals surface area contributed by atoms with Gasteiger partial charge in [-0.1, -0.05) is 37.9 Å². The van der Waals surface area contributed by atoms with Gasteiger partial charge in [-0.3, -0.25) is 0 Å². The zero-order chi connectivity index (χ0) is 13.4. The summed E-state index contributed by atoms with van der Waals surface area (Å²) in [5, 5.41) is 3.69. The predicted molar refractivity (Wildman–Crippen MR) is 76.7 cm³/mol. The molecule has 0 aliphatic carbocycles. The standard InChI is InChI=1S/C15H23ClFN/c1-3-5-13(11-18-8-4-2)9-12-6-7-15(17)14(16)10-12/h6-7,10,13,18H,3-5,8-9,11H2,1-2H3. The van der Waals surface area contributed by atoms with Crippen LogP contribution in [0.2, 0.25) is 5.02 Å². The predicted octanol–water partition coefficient (Wildman–Crippen LogP) is 4.44. The Morgan fingerprint density at radius 2 is 2.06 bits per heavy atom. The van der Waals surface area contributed by atoms with Crippen molar-refractivity contribution in [3.05, 3.63) is 34.6 Å². The van der Waals surface area contributed by atoms with Gasteiger partial charge in [-0.05, 0) is 56.0 Å². The van der Waals surface area contributed by atoms with Crippen molar-refractivity contribution in [3.8, 4) is 0 Å². The highest BCUT2D eigenvalue weighted by Crippen LogP contribution is 2.20. The molecule has 1 N–H and O–H groups in total. The summed E-state index contributed by atoms with van der Waals surface area (Å²) in [7, 11) is 0. The summed E-state index contributed by atoms with van der Waals surface area (Å²) in [6.45, 7) is 6.45. The van der Waals surface area contributed by atoms with Crippen molar-refractivity contribution in [1.29, 1.82) is 0 Å². The minimum Gasteiger partial charge on any atom is -0.316 e. The number of hydrogen-bond donors (Lipinski definition) is 1. The van der Waals surface area contributed by atoms with E-state index in [1.165, 1.54) is 18.9 Å². The van der Waals surface area contributed by atoms with Crippen LogP contribution in [0.1, 0.15) is 38.7 Å². The Morgan fingerprint density at radius 1 is 1.28 bits per heavy atom. The van der Waals surface area contributed by atoms with E-state index in [1.807, 2.05) is 6.07 Å². The van der Waals surface area contributed by atoms with Crippen molar-refractivity contribution >= 4 is 11.6 Å². The maximum Gasteiger partial charge on any atom is 0.141 e.